The molecule has 19 heavy (non-hydrogen) atoms. The highest BCUT2D eigenvalue weighted by Gasteiger charge is 2.28. The Morgan fingerprint density at radius 3 is 2.79 bits per heavy atom. The van der Waals surface area contributed by atoms with Crippen molar-refractivity contribution in [1.29, 1.82) is 0 Å². The van der Waals surface area contributed by atoms with Crippen LogP contribution in [0.4, 0.5) is 11.4 Å². The number of primary sulfonamides is 1. The van der Waals surface area contributed by atoms with Crippen LogP contribution in [-0.2, 0) is 10.0 Å². The summed E-state index contributed by atoms with van der Waals surface area (Å²) in [6.45, 7) is -0.166. The molecule has 1 aromatic rings. The summed E-state index contributed by atoms with van der Waals surface area (Å²) in [7, 11) is -4.01. The lowest BCUT2D eigenvalue weighted by molar-refractivity contribution is -0.384. The van der Waals surface area contributed by atoms with Crippen LogP contribution in [0.5, 0.6) is 0 Å². The fourth-order valence-corrected chi connectivity index (χ4v) is 3.40. The first kappa shape index (κ1) is 14.1. The van der Waals surface area contributed by atoms with Crippen LogP contribution in [0.2, 0.25) is 0 Å². The molecule has 1 atom stereocenters. The maximum absolute atomic E-state index is 11.3. The van der Waals surface area contributed by atoms with Gasteiger partial charge in [-0.25, -0.2) is 13.6 Å². The van der Waals surface area contributed by atoms with Gasteiger partial charge in [-0.15, -0.1) is 11.8 Å². The molecular formula is C9H11N3O5S2. The smallest absolute Gasteiger partial charge is 0.294 e. The number of aliphatic hydroxyl groups excluding tert-OH is 1. The quantitative estimate of drug-likeness (QED) is 0.533. The van der Waals surface area contributed by atoms with E-state index in [0.717, 1.165) is 6.07 Å². The number of nitrogens with one attached hydrogen (secondary N) is 1. The van der Waals surface area contributed by atoms with Crippen LogP contribution in [-0.4, -0.2) is 36.8 Å². The van der Waals surface area contributed by atoms with Gasteiger partial charge in [0.1, 0.15) is 5.69 Å². The number of aliphatic hydroxyl groups is 1. The zero-order valence-corrected chi connectivity index (χ0v) is 11.2. The summed E-state index contributed by atoms with van der Waals surface area (Å²) in [5.41, 5.74) is -0.153. The van der Waals surface area contributed by atoms with E-state index >= 15 is 0 Å². The van der Waals surface area contributed by atoms with Gasteiger partial charge in [0.15, 0.2) is 0 Å². The number of fused-ring (bicyclic) bond motifs is 1. The van der Waals surface area contributed by atoms with Crippen LogP contribution < -0.4 is 10.5 Å². The molecule has 2 rings (SSSR count). The van der Waals surface area contributed by atoms with Crippen LogP contribution in [0.15, 0.2) is 21.9 Å². The lowest BCUT2D eigenvalue weighted by Gasteiger charge is -2.24. The van der Waals surface area contributed by atoms with Gasteiger partial charge in [-0.2, -0.15) is 0 Å². The number of nitro groups is 1. The third-order valence-electron chi connectivity index (χ3n) is 2.59. The monoisotopic (exact) mass is 305 g/mol. The fraction of sp³-hybridized carbons (Fsp3) is 0.333. The molecule has 1 aliphatic heterocycles. The number of thioether (sulfide) groups is 1. The Balaban J connectivity index is 2.60. The van der Waals surface area contributed by atoms with Gasteiger partial charge in [0.25, 0.3) is 5.69 Å². The number of rotatable bonds is 3. The molecule has 4 N–H and O–H groups in total. The summed E-state index contributed by atoms with van der Waals surface area (Å²) < 4.78 is 22.6. The van der Waals surface area contributed by atoms with Crippen LogP contribution in [0.3, 0.4) is 0 Å². The normalized spacial score (nSPS) is 18.5. The van der Waals surface area contributed by atoms with E-state index in [4.69, 9.17) is 10.2 Å². The van der Waals surface area contributed by atoms with Crippen molar-refractivity contribution in [3.63, 3.8) is 0 Å². The molecule has 0 aliphatic carbocycles. The first-order valence-electron chi connectivity index (χ1n) is 5.18. The molecule has 0 fully saturated rings. The maximum Gasteiger partial charge on any atom is 0.294 e. The molecule has 104 valence electrons. The molecule has 1 heterocycles. The summed E-state index contributed by atoms with van der Waals surface area (Å²) in [6.07, 6.45) is 0. The van der Waals surface area contributed by atoms with Crippen LogP contribution >= 0.6 is 11.8 Å². The number of hydrogen-bond donors (Lipinski definition) is 3. The van der Waals surface area contributed by atoms with Gasteiger partial charge in [-0.3, -0.25) is 10.1 Å². The van der Waals surface area contributed by atoms with Crippen molar-refractivity contribution in [1.82, 2.24) is 0 Å². The van der Waals surface area contributed by atoms with Crippen molar-refractivity contribution in [2.24, 2.45) is 5.14 Å². The Bertz CT molecular complexity index is 631. The zero-order chi connectivity index (χ0) is 14.2. The van der Waals surface area contributed by atoms with Crippen molar-refractivity contribution in [2.45, 2.75) is 15.8 Å². The molecule has 8 nitrogen and oxygen atoms in total. The Kier molecular flexibility index (Phi) is 3.67. The average molecular weight is 305 g/mol. The van der Waals surface area contributed by atoms with Crippen molar-refractivity contribution < 1.29 is 18.4 Å². The van der Waals surface area contributed by atoms with Crippen LogP contribution in [0.1, 0.15) is 0 Å². The van der Waals surface area contributed by atoms with Gasteiger partial charge in [-0.05, 0) is 6.07 Å². The average Bonchev–Trinajstić information content (AvgIpc) is 2.35. The van der Waals surface area contributed by atoms with E-state index in [1.54, 1.807) is 0 Å². The molecule has 0 aromatic heterocycles. The van der Waals surface area contributed by atoms with E-state index in [1.165, 1.54) is 17.8 Å². The summed E-state index contributed by atoms with van der Waals surface area (Å²) in [6, 6.07) is 1.90. The van der Waals surface area contributed by atoms with Gasteiger partial charge in [0.05, 0.1) is 22.5 Å². The molecule has 0 amide bonds. The molecule has 1 aromatic carbocycles. The predicted molar refractivity (Wildman–Crippen MR) is 69.7 cm³/mol. The number of benzene rings is 1. The number of anilines is 1. The predicted octanol–water partition coefficient (Wildman–Crippen LogP) is 0.121. The minimum Gasteiger partial charge on any atom is -0.394 e. The molecule has 1 aliphatic rings. The first-order valence-corrected chi connectivity index (χ1v) is 7.71. The minimum atomic E-state index is -4.01. The Labute approximate surface area is 113 Å². The van der Waals surface area contributed by atoms with Gasteiger partial charge in [0, 0.05) is 16.7 Å². The third kappa shape index (κ3) is 2.81. The molecule has 0 saturated heterocycles. The SMILES string of the molecule is NS(=O)(=O)c1cc2c(c([N+](=O)[O-])c1)NC(CO)CS2. The minimum absolute atomic E-state index is 0.166. The van der Waals surface area contributed by atoms with Crippen LogP contribution in [0.25, 0.3) is 0 Å². The molecule has 0 spiro atoms. The number of sulfonamides is 1. The second kappa shape index (κ2) is 4.96. The lowest BCUT2D eigenvalue weighted by Crippen LogP contribution is -2.30. The van der Waals surface area contributed by atoms with Crippen LogP contribution in [0, 0.1) is 10.1 Å². The Morgan fingerprint density at radius 2 is 2.26 bits per heavy atom. The van der Waals surface area contributed by atoms with E-state index in [1.807, 2.05) is 0 Å². The maximum atomic E-state index is 11.3. The number of nitrogens with two attached hydrogens (primary N) is 1. The highest BCUT2D eigenvalue weighted by Crippen LogP contribution is 2.41. The highest BCUT2D eigenvalue weighted by molar-refractivity contribution is 7.99. The van der Waals surface area contributed by atoms with E-state index in [-0.39, 0.29) is 28.9 Å². The number of nitro benzene ring substituents is 1. The number of nitrogens with zero attached hydrogens (tertiary/aromatic N) is 1. The van der Waals surface area contributed by atoms with Crippen molar-refractivity contribution in [3.05, 3.63) is 22.2 Å². The Hall–Kier alpha value is -1.36. The summed E-state index contributed by atoms with van der Waals surface area (Å²) >= 11 is 1.24. The van der Waals surface area contributed by atoms with Crippen molar-refractivity contribution >= 4 is 33.2 Å². The standard InChI is InChI=1S/C9H11N3O5S2/c10-19(16,17)6-1-7(12(14)15)9-8(2-6)18-4-5(3-13)11-9/h1-2,5,11,13H,3-4H2,(H2,10,16,17). The molecule has 1 unspecified atom stereocenters. The summed E-state index contributed by atoms with van der Waals surface area (Å²) in [4.78, 5) is 10.5. The second-order valence-electron chi connectivity index (χ2n) is 3.95. The van der Waals surface area contributed by atoms with E-state index < -0.39 is 14.9 Å². The third-order valence-corrected chi connectivity index (χ3v) is 4.68. The topological polar surface area (TPSA) is 136 Å². The molecule has 10 heteroatoms. The lowest BCUT2D eigenvalue weighted by atomic mass is 10.2. The van der Waals surface area contributed by atoms with E-state index in [0.29, 0.717) is 10.6 Å². The van der Waals surface area contributed by atoms with E-state index in [2.05, 4.69) is 5.32 Å². The van der Waals surface area contributed by atoms with Gasteiger partial charge in [0.2, 0.25) is 10.0 Å². The largest absolute Gasteiger partial charge is 0.394 e. The summed E-state index contributed by atoms with van der Waals surface area (Å²) in [5, 5.41) is 27.9. The van der Waals surface area contributed by atoms with Crippen molar-refractivity contribution in [3.8, 4) is 0 Å². The molecular weight excluding hydrogens is 294 g/mol. The highest BCUT2D eigenvalue weighted by atomic mass is 32.2. The molecule has 0 saturated carbocycles. The summed E-state index contributed by atoms with van der Waals surface area (Å²) in [5.74, 6) is 0.481. The zero-order valence-electron chi connectivity index (χ0n) is 9.57. The van der Waals surface area contributed by atoms with Gasteiger partial charge in [-0.1, -0.05) is 0 Å². The first-order chi connectivity index (χ1) is 8.82. The number of hydrogen-bond acceptors (Lipinski definition) is 7. The molecule has 0 bridgehead atoms. The van der Waals surface area contributed by atoms with E-state index in [9.17, 15) is 18.5 Å². The van der Waals surface area contributed by atoms with Gasteiger partial charge < -0.3 is 10.4 Å². The molecule has 0 radical (unpaired) electrons. The fourth-order valence-electron chi connectivity index (χ4n) is 1.68. The second-order valence-corrected chi connectivity index (χ2v) is 6.58. The Morgan fingerprint density at radius 1 is 1.58 bits per heavy atom. The van der Waals surface area contributed by atoms with Gasteiger partial charge >= 0.3 is 0 Å². The van der Waals surface area contributed by atoms with Crippen molar-refractivity contribution in [2.75, 3.05) is 17.7 Å².